The number of ether oxygens (including phenoxy) is 1. The van der Waals surface area contributed by atoms with Crippen molar-refractivity contribution < 1.29 is 9.53 Å². The Kier molecular flexibility index (Phi) is 5.79. The highest BCUT2D eigenvalue weighted by Crippen LogP contribution is 2.32. The third-order valence-corrected chi connectivity index (χ3v) is 6.07. The first-order valence-corrected chi connectivity index (χ1v) is 11.3. The van der Waals surface area contributed by atoms with E-state index in [0.29, 0.717) is 12.1 Å². The minimum absolute atomic E-state index is 0.0586. The number of aromatic nitrogens is 3. The van der Waals surface area contributed by atoms with E-state index < -0.39 is 0 Å². The third-order valence-electron chi connectivity index (χ3n) is 6.07. The Balaban J connectivity index is 1.45. The number of carbonyl (C=O) groups excluding carboxylic acids is 1. The fourth-order valence-corrected chi connectivity index (χ4v) is 4.25. The molecule has 1 aliphatic heterocycles. The van der Waals surface area contributed by atoms with Crippen molar-refractivity contribution in [2.45, 2.75) is 13.8 Å². The number of aromatic amines is 1. The minimum Gasteiger partial charge on any atom is -0.378 e. The molecular weight excluding hydrogens is 414 g/mol. The van der Waals surface area contributed by atoms with Gasteiger partial charge >= 0.3 is 0 Å². The van der Waals surface area contributed by atoms with Gasteiger partial charge in [-0.2, -0.15) is 5.10 Å². The Labute approximate surface area is 192 Å². The standard InChI is InChI=1S/C26H27N5O2/c1-3-27-26(32)19-5-4-17(2)22(14-19)18-6-8-21-23(15-18)29-30-25(21)20-7-9-24(28-16-20)31-10-12-33-13-11-31/h4-9,14-16H,3,10-13H2,1-2H3,(H,27,32)(H,29,30). The average Bonchev–Trinajstić information content (AvgIpc) is 3.28. The van der Waals surface area contributed by atoms with E-state index in [-0.39, 0.29) is 5.91 Å². The van der Waals surface area contributed by atoms with Crippen molar-refractivity contribution >= 4 is 22.6 Å². The maximum absolute atomic E-state index is 12.3. The van der Waals surface area contributed by atoms with Gasteiger partial charge in [0, 0.05) is 42.3 Å². The number of hydrogen-bond donors (Lipinski definition) is 2. The Morgan fingerprint density at radius 3 is 2.67 bits per heavy atom. The maximum atomic E-state index is 12.3. The van der Waals surface area contributed by atoms with Gasteiger partial charge in [-0.3, -0.25) is 9.89 Å². The molecule has 0 bridgehead atoms. The zero-order valence-corrected chi connectivity index (χ0v) is 18.9. The van der Waals surface area contributed by atoms with Crippen LogP contribution in [0.15, 0.2) is 54.7 Å². The molecular formula is C26H27N5O2. The van der Waals surface area contributed by atoms with E-state index in [0.717, 1.165) is 71.0 Å². The quantitative estimate of drug-likeness (QED) is 0.485. The van der Waals surface area contributed by atoms with Crippen LogP contribution in [0.5, 0.6) is 0 Å². The number of hydrogen-bond acceptors (Lipinski definition) is 5. The van der Waals surface area contributed by atoms with Crippen LogP contribution >= 0.6 is 0 Å². The second kappa shape index (κ2) is 9.03. The van der Waals surface area contributed by atoms with Crippen molar-refractivity contribution in [2.24, 2.45) is 0 Å². The van der Waals surface area contributed by atoms with Gasteiger partial charge in [-0.25, -0.2) is 4.98 Å². The fourth-order valence-electron chi connectivity index (χ4n) is 4.25. The molecule has 0 unspecified atom stereocenters. The summed E-state index contributed by atoms with van der Waals surface area (Å²) in [5.74, 6) is 0.906. The number of benzene rings is 2. The Morgan fingerprint density at radius 2 is 1.91 bits per heavy atom. The molecule has 5 rings (SSSR count). The van der Waals surface area contributed by atoms with Crippen LogP contribution in [0.2, 0.25) is 0 Å². The highest BCUT2D eigenvalue weighted by molar-refractivity contribution is 5.98. The molecule has 2 aromatic heterocycles. The minimum atomic E-state index is -0.0586. The summed E-state index contributed by atoms with van der Waals surface area (Å²) in [7, 11) is 0. The first-order chi connectivity index (χ1) is 16.1. The molecule has 1 saturated heterocycles. The number of H-pyrrole nitrogens is 1. The second-order valence-electron chi connectivity index (χ2n) is 8.23. The number of fused-ring (bicyclic) bond motifs is 1. The summed E-state index contributed by atoms with van der Waals surface area (Å²) >= 11 is 0. The SMILES string of the molecule is CCNC(=O)c1ccc(C)c(-c2ccc3c(-c4ccc(N5CCOCC5)nc4)n[nH]c3c2)c1. The summed E-state index contributed by atoms with van der Waals surface area (Å²) in [6.45, 7) is 7.78. The molecule has 7 heteroatoms. The zero-order valence-electron chi connectivity index (χ0n) is 18.9. The summed E-state index contributed by atoms with van der Waals surface area (Å²) in [6.07, 6.45) is 1.88. The molecule has 0 spiro atoms. The number of amides is 1. The van der Waals surface area contributed by atoms with Gasteiger partial charge in [0.25, 0.3) is 5.91 Å². The number of anilines is 1. The van der Waals surface area contributed by atoms with E-state index >= 15 is 0 Å². The number of rotatable bonds is 5. The van der Waals surface area contributed by atoms with Crippen LogP contribution in [-0.4, -0.2) is 53.9 Å². The zero-order chi connectivity index (χ0) is 22.8. The van der Waals surface area contributed by atoms with Crippen molar-refractivity contribution in [3.63, 3.8) is 0 Å². The largest absolute Gasteiger partial charge is 0.378 e. The molecule has 33 heavy (non-hydrogen) atoms. The molecule has 0 atom stereocenters. The van der Waals surface area contributed by atoms with Gasteiger partial charge in [-0.1, -0.05) is 12.1 Å². The van der Waals surface area contributed by atoms with Crippen LogP contribution < -0.4 is 10.2 Å². The van der Waals surface area contributed by atoms with Crippen molar-refractivity contribution in [2.75, 3.05) is 37.7 Å². The van der Waals surface area contributed by atoms with E-state index in [1.54, 1.807) is 0 Å². The molecule has 1 fully saturated rings. The van der Waals surface area contributed by atoms with Gasteiger partial charge in [0.05, 0.1) is 18.7 Å². The average molecular weight is 442 g/mol. The third kappa shape index (κ3) is 4.19. The topological polar surface area (TPSA) is 83.1 Å². The van der Waals surface area contributed by atoms with Crippen LogP contribution in [0.4, 0.5) is 5.82 Å². The van der Waals surface area contributed by atoms with Crippen LogP contribution in [0.1, 0.15) is 22.8 Å². The molecule has 3 heterocycles. The molecule has 0 radical (unpaired) electrons. The molecule has 0 aliphatic carbocycles. The van der Waals surface area contributed by atoms with Crippen molar-refractivity contribution in [3.05, 3.63) is 65.9 Å². The van der Waals surface area contributed by atoms with Gasteiger partial charge in [0.1, 0.15) is 11.5 Å². The summed E-state index contributed by atoms with van der Waals surface area (Å²) in [5.41, 5.74) is 6.66. The molecule has 7 nitrogen and oxygen atoms in total. The number of morpholine rings is 1. The molecule has 2 N–H and O–H groups in total. The molecule has 0 saturated carbocycles. The summed E-state index contributed by atoms with van der Waals surface area (Å²) in [6, 6.07) is 16.2. The first-order valence-electron chi connectivity index (χ1n) is 11.3. The van der Waals surface area contributed by atoms with Crippen molar-refractivity contribution in [3.8, 4) is 22.4 Å². The molecule has 1 amide bonds. The predicted octanol–water partition coefficient (Wildman–Crippen LogP) is 4.19. The molecule has 1 aliphatic rings. The van der Waals surface area contributed by atoms with Gasteiger partial charge in [-0.15, -0.1) is 0 Å². The lowest BCUT2D eigenvalue weighted by atomic mass is 9.96. The second-order valence-corrected chi connectivity index (χ2v) is 8.23. The van der Waals surface area contributed by atoms with Crippen LogP contribution in [0, 0.1) is 6.92 Å². The lowest BCUT2D eigenvalue weighted by Gasteiger charge is -2.27. The Morgan fingerprint density at radius 1 is 1.09 bits per heavy atom. The van der Waals surface area contributed by atoms with E-state index in [1.165, 1.54) is 0 Å². The van der Waals surface area contributed by atoms with E-state index in [9.17, 15) is 4.79 Å². The lowest BCUT2D eigenvalue weighted by molar-refractivity contribution is 0.0956. The highest BCUT2D eigenvalue weighted by Gasteiger charge is 2.15. The monoisotopic (exact) mass is 441 g/mol. The highest BCUT2D eigenvalue weighted by atomic mass is 16.5. The number of nitrogens with zero attached hydrogens (tertiary/aromatic N) is 3. The van der Waals surface area contributed by atoms with Crippen molar-refractivity contribution in [1.29, 1.82) is 0 Å². The molecule has 2 aromatic carbocycles. The van der Waals surface area contributed by atoms with E-state index in [4.69, 9.17) is 4.74 Å². The van der Waals surface area contributed by atoms with Gasteiger partial charge in [-0.05, 0) is 66.9 Å². The number of pyridine rings is 1. The summed E-state index contributed by atoms with van der Waals surface area (Å²) in [5, 5.41) is 11.6. The number of aryl methyl sites for hydroxylation is 1. The predicted molar refractivity (Wildman–Crippen MR) is 131 cm³/mol. The van der Waals surface area contributed by atoms with E-state index in [1.807, 2.05) is 37.4 Å². The van der Waals surface area contributed by atoms with Gasteiger partial charge in [0.15, 0.2) is 0 Å². The summed E-state index contributed by atoms with van der Waals surface area (Å²) in [4.78, 5) is 19.2. The van der Waals surface area contributed by atoms with Gasteiger partial charge < -0.3 is 15.0 Å². The van der Waals surface area contributed by atoms with Crippen molar-refractivity contribution in [1.82, 2.24) is 20.5 Å². The fraction of sp³-hybridized carbons (Fsp3) is 0.269. The maximum Gasteiger partial charge on any atom is 0.251 e. The lowest BCUT2D eigenvalue weighted by Crippen LogP contribution is -2.36. The van der Waals surface area contributed by atoms with E-state index in [2.05, 4.69) is 56.6 Å². The number of carbonyl (C=O) groups is 1. The smallest absolute Gasteiger partial charge is 0.251 e. The van der Waals surface area contributed by atoms with Crippen LogP contribution in [-0.2, 0) is 4.74 Å². The normalized spacial score (nSPS) is 13.9. The van der Waals surface area contributed by atoms with Gasteiger partial charge in [0.2, 0.25) is 0 Å². The molecule has 4 aromatic rings. The van der Waals surface area contributed by atoms with Crippen LogP contribution in [0.3, 0.4) is 0 Å². The first kappa shape index (κ1) is 21.2. The number of nitrogens with one attached hydrogen (secondary N) is 2. The van der Waals surface area contributed by atoms with Crippen LogP contribution in [0.25, 0.3) is 33.3 Å². The Bertz CT molecular complexity index is 1290. The Hall–Kier alpha value is -3.71. The summed E-state index contributed by atoms with van der Waals surface area (Å²) < 4.78 is 5.43. The molecule has 168 valence electrons.